The highest BCUT2D eigenvalue weighted by Crippen LogP contribution is 2.25. The monoisotopic (exact) mass is 304 g/mol. The topological polar surface area (TPSA) is 54.6 Å². The summed E-state index contributed by atoms with van der Waals surface area (Å²) in [4.78, 5) is 18.1. The van der Waals surface area contributed by atoms with Gasteiger partial charge in [0.1, 0.15) is 0 Å². The predicted octanol–water partition coefficient (Wildman–Crippen LogP) is 3.41. The number of thioether (sulfide) groups is 1. The van der Waals surface area contributed by atoms with Crippen LogP contribution in [0.4, 0.5) is 0 Å². The molecular formula is C14H12N2O2S2. The molecule has 0 spiro atoms. The largest absolute Gasteiger partial charge is 0.481 e. The smallest absolute Gasteiger partial charge is 0.308 e. The minimum absolute atomic E-state index is 0.0474. The van der Waals surface area contributed by atoms with Crippen LogP contribution in [0.3, 0.4) is 0 Å². The number of benzene rings is 1. The quantitative estimate of drug-likeness (QED) is 0.750. The summed E-state index contributed by atoms with van der Waals surface area (Å²) >= 11 is 3.12. The molecule has 3 aromatic rings. The molecule has 102 valence electrons. The molecule has 4 nitrogen and oxygen atoms in total. The summed E-state index contributed by atoms with van der Waals surface area (Å²) in [5.74, 6) is -0.817. The second-order valence-electron chi connectivity index (χ2n) is 4.31. The summed E-state index contributed by atoms with van der Waals surface area (Å²) in [5, 5.41) is 8.79. The van der Waals surface area contributed by atoms with Crippen molar-refractivity contribution in [1.29, 1.82) is 0 Å². The van der Waals surface area contributed by atoms with E-state index in [0.717, 1.165) is 21.1 Å². The Morgan fingerprint density at radius 2 is 2.10 bits per heavy atom. The standard InChI is InChI=1S/C14H12N2O2S2/c1-19-10-4-2-9(3-5-10)12-8-16-7-11(6-13(17)18)20-14(16)15-12/h2-5,7-8H,6H2,1H3,(H,17,18). The van der Waals surface area contributed by atoms with Gasteiger partial charge < -0.3 is 5.11 Å². The fourth-order valence-corrected chi connectivity index (χ4v) is 3.33. The fraction of sp³-hybridized carbons (Fsp3) is 0.143. The van der Waals surface area contributed by atoms with Gasteiger partial charge in [-0.1, -0.05) is 12.1 Å². The first-order valence-corrected chi connectivity index (χ1v) is 8.03. The van der Waals surface area contributed by atoms with Gasteiger partial charge in [-0.3, -0.25) is 9.20 Å². The Hall–Kier alpha value is -1.79. The van der Waals surface area contributed by atoms with Crippen LogP contribution in [0.2, 0.25) is 0 Å². The van der Waals surface area contributed by atoms with Gasteiger partial charge in [0.25, 0.3) is 0 Å². The first kappa shape index (κ1) is 13.2. The minimum Gasteiger partial charge on any atom is -0.481 e. The SMILES string of the molecule is CSc1ccc(-c2cn3cc(CC(=O)O)sc3n2)cc1. The van der Waals surface area contributed by atoms with Crippen molar-refractivity contribution in [3.63, 3.8) is 0 Å². The molecule has 0 saturated heterocycles. The number of carboxylic acids is 1. The number of fused-ring (bicyclic) bond motifs is 1. The van der Waals surface area contributed by atoms with Gasteiger partial charge >= 0.3 is 5.97 Å². The third kappa shape index (κ3) is 2.57. The van der Waals surface area contributed by atoms with E-state index in [4.69, 9.17) is 5.11 Å². The molecule has 0 aliphatic carbocycles. The van der Waals surface area contributed by atoms with E-state index in [2.05, 4.69) is 29.2 Å². The molecule has 0 radical (unpaired) electrons. The highest BCUT2D eigenvalue weighted by Gasteiger charge is 2.10. The third-order valence-corrected chi connectivity index (χ3v) is 4.66. The number of rotatable bonds is 4. The van der Waals surface area contributed by atoms with Gasteiger partial charge in [0.2, 0.25) is 0 Å². The second kappa shape index (κ2) is 5.30. The first-order valence-electron chi connectivity index (χ1n) is 5.99. The van der Waals surface area contributed by atoms with Crippen molar-refractivity contribution in [3.05, 3.63) is 41.5 Å². The van der Waals surface area contributed by atoms with Crippen LogP contribution in [-0.4, -0.2) is 26.7 Å². The lowest BCUT2D eigenvalue weighted by atomic mass is 10.2. The van der Waals surface area contributed by atoms with E-state index >= 15 is 0 Å². The molecule has 20 heavy (non-hydrogen) atoms. The van der Waals surface area contributed by atoms with Gasteiger partial charge in [-0.2, -0.15) is 0 Å². The normalized spacial score (nSPS) is 11.1. The molecule has 3 rings (SSSR count). The highest BCUT2D eigenvalue weighted by atomic mass is 32.2. The van der Waals surface area contributed by atoms with Crippen molar-refractivity contribution >= 4 is 34.0 Å². The van der Waals surface area contributed by atoms with E-state index in [1.807, 2.05) is 23.1 Å². The van der Waals surface area contributed by atoms with Crippen molar-refractivity contribution in [2.75, 3.05) is 6.26 Å². The summed E-state index contributed by atoms with van der Waals surface area (Å²) < 4.78 is 1.89. The molecule has 6 heteroatoms. The van der Waals surface area contributed by atoms with Crippen molar-refractivity contribution in [2.45, 2.75) is 11.3 Å². The predicted molar refractivity (Wildman–Crippen MR) is 81.6 cm³/mol. The Morgan fingerprint density at radius 3 is 2.70 bits per heavy atom. The summed E-state index contributed by atoms with van der Waals surface area (Å²) in [5.41, 5.74) is 1.98. The van der Waals surface area contributed by atoms with Crippen LogP contribution in [0, 0.1) is 0 Å². The Balaban J connectivity index is 1.92. The molecule has 1 N–H and O–H groups in total. The van der Waals surface area contributed by atoms with Gasteiger partial charge in [0.05, 0.1) is 12.1 Å². The number of aliphatic carboxylic acids is 1. The molecule has 0 unspecified atom stereocenters. The van der Waals surface area contributed by atoms with Crippen LogP contribution in [-0.2, 0) is 11.2 Å². The average molecular weight is 304 g/mol. The molecule has 2 aromatic heterocycles. The maximum Gasteiger partial charge on any atom is 0.308 e. The summed E-state index contributed by atoms with van der Waals surface area (Å²) in [6, 6.07) is 8.25. The number of hydrogen-bond donors (Lipinski definition) is 1. The molecule has 0 saturated carbocycles. The number of nitrogens with zero attached hydrogens (tertiary/aromatic N) is 2. The van der Waals surface area contributed by atoms with Crippen LogP contribution >= 0.6 is 23.1 Å². The molecule has 0 bridgehead atoms. The lowest BCUT2D eigenvalue weighted by Crippen LogP contribution is -1.97. The van der Waals surface area contributed by atoms with E-state index in [1.165, 1.54) is 16.2 Å². The Bertz CT molecular complexity index is 728. The number of thiazole rings is 1. The lowest BCUT2D eigenvalue weighted by Gasteiger charge is -1.98. The first-order chi connectivity index (χ1) is 9.65. The Labute approximate surface area is 124 Å². The van der Waals surface area contributed by atoms with Crippen molar-refractivity contribution < 1.29 is 9.90 Å². The van der Waals surface area contributed by atoms with Gasteiger partial charge in [0.15, 0.2) is 4.96 Å². The Kier molecular flexibility index (Phi) is 3.50. The zero-order valence-corrected chi connectivity index (χ0v) is 12.4. The van der Waals surface area contributed by atoms with Gasteiger partial charge in [-0.25, -0.2) is 4.98 Å². The number of carbonyl (C=O) groups is 1. The fourth-order valence-electron chi connectivity index (χ4n) is 1.97. The van der Waals surface area contributed by atoms with Crippen LogP contribution in [0.1, 0.15) is 4.88 Å². The zero-order chi connectivity index (χ0) is 14.1. The molecular weight excluding hydrogens is 292 g/mol. The molecule has 1 aromatic carbocycles. The second-order valence-corrected chi connectivity index (χ2v) is 6.29. The molecule has 0 amide bonds. The number of carboxylic acid groups (broad SMARTS) is 1. The average Bonchev–Trinajstić information content (AvgIpc) is 2.96. The zero-order valence-electron chi connectivity index (χ0n) is 10.7. The summed E-state index contributed by atoms with van der Waals surface area (Å²) in [6.45, 7) is 0. The number of aromatic nitrogens is 2. The van der Waals surface area contributed by atoms with Crippen LogP contribution < -0.4 is 0 Å². The minimum atomic E-state index is -0.817. The van der Waals surface area contributed by atoms with Crippen LogP contribution in [0.5, 0.6) is 0 Å². The van der Waals surface area contributed by atoms with Crippen LogP contribution in [0.15, 0.2) is 41.6 Å². The van der Waals surface area contributed by atoms with Gasteiger partial charge in [-0.05, 0) is 18.4 Å². The molecule has 0 fully saturated rings. The Morgan fingerprint density at radius 1 is 1.35 bits per heavy atom. The maximum absolute atomic E-state index is 10.7. The molecule has 2 heterocycles. The van der Waals surface area contributed by atoms with E-state index in [9.17, 15) is 4.79 Å². The van der Waals surface area contributed by atoms with Crippen LogP contribution in [0.25, 0.3) is 16.2 Å². The van der Waals surface area contributed by atoms with Gasteiger partial charge in [0, 0.05) is 27.7 Å². The van der Waals surface area contributed by atoms with E-state index in [-0.39, 0.29) is 6.42 Å². The van der Waals surface area contributed by atoms with Gasteiger partial charge in [-0.15, -0.1) is 23.1 Å². The van der Waals surface area contributed by atoms with E-state index in [1.54, 1.807) is 11.8 Å². The van der Waals surface area contributed by atoms with E-state index < -0.39 is 5.97 Å². The lowest BCUT2D eigenvalue weighted by molar-refractivity contribution is -0.136. The molecule has 0 aliphatic rings. The van der Waals surface area contributed by atoms with Crippen molar-refractivity contribution in [2.24, 2.45) is 0 Å². The van der Waals surface area contributed by atoms with Crippen molar-refractivity contribution in [3.8, 4) is 11.3 Å². The number of hydrogen-bond acceptors (Lipinski definition) is 4. The molecule has 0 atom stereocenters. The number of imidazole rings is 1. The van der Waals surface area contributed by atoms with Crippen molar-refractivity contribution in [1.82, 2.24) is 9.38 Å². The molecule has 0 aliphatic heterocycles. The third-order valence-electron chi connectivity index (χ3n) is 2.92. The summed E-state index contributed by atoms with van der Waals surface area (Å²) in [7, 11) is 0. The maximum atomic E-state index is 10.7. The van der Waals surface area contributed by atoms with E-state index in [0.29, 0.717) is 0 Å². The highest BCUT2D eigenvalue weighted by molar-refractivity contribution is 7.98. The summed E-state index contributed by atoms with van der Waals surface area (Å²) in [6.07, 6.45) is 5.86.